The van der Waals surface area contributed by atoms with Crippen molar-refractivity contribution in [3.63, 3.8) is 0 Å². The van der Waals surface area contributed by atoms with Crippen LogP contribution >= 0.6 is 17.2 Å². The summed E-state index contributed by atoms with van der Waals surface area (Å²) in [6.07, 6.45) is 8.90. The standard InChI is InChI=1S/C29H41.C13H10.C5H5.2ClH.Hf/c1-26(2,3)22-14-18-13-19-15-23(27(4,5)6)25(29(10,11)12)17-21(19)20(18)16-24(22)28(7,8)9;1-3-7-12(8-4-1)11-13-9-5-2-6-10-13;1-2-4-5-3-1;;;/h13-17H,1-12H3;1-10H;1-5H;2*1H;/q;;;;;+2/p-2. The van der Waals surface area contributed by atoms with Gasteiger partial charge in [0.05, 0.1) is 0 Å². The fourth-order valence-electron chi connectivity index (χ4n) is 8.61. The van der Waals surface area contributed by atoms with E-state index in [1.54, 1.807) is 0 Å². The van der Waals surface area contributed by atoms with Gasteiger partial charge in [-0.25, -0.2) is 0 Å². The molecule has 0 saturated carbocycles. The Bertz CT molecular complexity index is 1940. The first-order valence-corrected chi connectivity index (χ1v) is 33.2. The van der Waals surface area contributed by atoms with Gasteiger partial charge in [0.2, 0.25) is 0 Å². The van der Waals surface area contributed by atoms with Crippen molar-refractivity contribution in [3.05, 3.63) is 154 Å². The second kappa shape index (κ2) is 12.4. The number of allylic oxidation sites excluding steroid dienone is 4. The summed E-state index contributed by atoms with van der Waals surface area (Å²) in [4.78, 5) is 0. The molecule has 0 heterocycles. The van der Waals surface area contributed by atoms with Crippen molar-refractivity contribution < 1.29 is 15.7 Å². The molecule has 0 bridgehead atoms. The van der Waals surface area contributed by atoms with E-state index < -0.39 is 15.7 Å². The number of fused-ring (bicyclic) bond motifs is 3. The first-order valence-electron chi connectivity index (χ1n) is 18.3. The van der Waals surface area contributed by atoms with Gasteiger partial charge in [0.25, 0.3) is 0 Å². The van der Waals surface area contributed by atoms with Crippen molar-refractivity contribution >= 4 is 20.4 Å². The number of benzene rings is 4. The molecule has 0 nitrogen and oxygen atoms in total. The normalized spacial score (nSPS) is 15.8. The zero-order valence-electron chi connectivity index (χ0n) is 32.3. The van der Waals surface area contributed by atoms with E-state index in [1.807, 2.05) is 0 Å². The zero-order chi connectivity index (χ0) is 36.7. The Morgan fingerprint density at radius 3 is 1.12 bits per heavy atom. The van der Waals surface area contributed by atoms with Crippen molar-refractivity contribution in [2.45, 2.75) is 112 Å². The zero-order valence-corrected chi connectivity index (χ0v) is 37.4. The van der Waals surface area contributed by atoms with E-state index in [2.05, 4.69) is 192 Å². The predicted molar refractivity (Wildman–Crippen MR) is 218 cm³/mol. The number of hydrogen-bond acceptors (Lipinski definition) is 0. The molecule has 0 unspecified atom stereocenters. The molecule has 262 valence electrons. The Morgan fingerprint density at radius 2 is 0.800 bits per heavy atom. The molecule has 3 heteroatoms. The summed E-state index contributed by atoms with van der Waals surface area (Å²) in [5, 5.41) is 0. The van der Waals surface area contributed by atoms with Crippen molar-refractivity contribution in [1.82, 2.24) is 0 Å². The van der Waals surface area contributed by atoms with Gasteiger partial charge in [-0.3, -0.25) is 0 Å². The fourth-order valence-corrected chi connectivity index (χ4v) is 36.3. The van der Waals surface area contributed by atoms with Crippen molar-refractivity contribution in [3.8, 4) is 11.1 Å². The Labute approximate surface area is 310 Å². The number of hydrogen-bond donors (Lipinski definition) is 0. The SMILES string of the molecule is CC(C)(C)c1cc2c(cc1C(C)(C)C)[CH]([Hf]([Cl])([Cl])(=[C](c1ccccc1)c1ccccc1)[CH]1C=CC=C1)c1cc(C(C)(C)C)c(C(C)(C)C)cc1-2. The van der Waals surface area contributed by atoms with Gasteiger partial charge in [-0.05, 0) is 0 Å². The van der Waals surface area contributed by atoms with Crippen molar-refractivity contribution in [1.29, 1.82) is 0 Å². The molecular formula is C47H56Cl2Hf. The van der Waals surface area contributed by atoms with Crippen LogP contribution in [0, 0.1) is 0 Å². The van der Waals surface area contributed by atoms with Gasteiger partial charge in [-0.2, -0.15) is 0 Å². The van der Waals surface area contributed by atoms with E-state index in [0.29, 0.717) is 0 Å². The first-order chi connectivity index (χ1) is 23.0. The first kappa shape index (κ1) is 37.4. The van der Waals surface area contributed by atoms with E-state index in [4.69, 9.17) is 17.2 Å². The van der Waals surface area contributed by atoms with Crippen LogP contribution in [0.1, 0.15) is 131 Å². The summed E-state index contributed by atoms with van der Waals surface area (Å²) in [6.45, 7) is 28.2. The Kier molecular flexibility index (Phi) is 9.27. The van der Waals surface area contributed by atoms with Crippen LogP contribution < -0.4 is 0 Å². The molecule has 0 radical (unpaired) electrons. The Morgan fingerprint density at radius 1 is 0.480 bits per heavy atom. The molecule has 0 atom stereocenters. The van der Waals surface area contributed by atoms with E-state index in [0.717, 1.165) is 14.4 Å². The molecule has 0 saturated heterocycles. The third-order valence-corrected chi connectivity index (χ3v) is 39.1. The van der Waals surface area contributed by atoms with E-state index in [9.17, 15) is 0 Å². The second-order valence-corrected chi connectivity index (χ2v) is 48.4. The van der Waals surface area contributed by atoms with Gasteiger partial charge in [0.1, 0.15) is 0 Å². The molecule has 0 aliphatic heterocycles. The molecular weight excluding hydrogens is 814 g/mol. The molecule has 6 rings (SSSR count). The minimum absolute atomic E-state index is 0.0445. The monoisotopic (exact) mass is 870 g/mol. The molecule has 4 aromatic rings. The van der Waals surface area contributed by atoms with Crippen LogP contribution in [-0.2, 0) is 37.3 Å². The maximum absolute atomic E-state index is 8.94. The van der Waals surface area contributed by atoms with E-state index >= 15 is 0 Å². The summed E-state index contributed by atoms with van der Waals surface area (Å²) in [6, 6.07) is 31.6. The second-order valence-electron chi connectivity index (χ2n) is 19.0. The molecule has 4 aromatic carbocycles. The van der Waals surface area contributed by atoms with Crippen molar-refractivity contribution in [2.24, 2.45) is 0 Å². The summed E-state index contributed by atoms with van der Waals surface area (Å²) in [7, 11) is 17.9. The number of rotatable bonds is 4. The van der Waals surface area contributed by atoms with Crippen LogP contribution in [0.2, 0.25) is 3.67 Å². The summed E-state index contributed by atoms with van der Waals surface area (Å²) >= 11 is -5.66. The molecule has 50 heavy (non-hydrogen) atoms. The van der Waals surface area contributed by atoms with Gasteiger partial charge >= 0.3 is 313 Å². The van der Waals surface area contributed by atoms with Crippen LogP contribution in [0.4, 0.5) is 0 Å². The summed E-state index contributed by atoms with van der Waals surface area (Å²) < 4.78 is 0.889. The summed E-state index contributed by atoms with van der Waals surface area (Å²) in [5.41, 5.74) is 12.7. The molecule has 0 N–H and O–H groups in total. The van der Waals surface area contributed by atoms with Gasteiger partial charge in [-0.15, -0.1) is 0 Å². The molecule has 2 aliphatic carbocycles. The van der Waals surface area contributed by atoms with Crippen LogP contribution in [0.5, 0.6) is 0 Å². The Balaban J connectivity index is 1.92. The number of halogens is 2. The minimum atomic E-state index is -5.66. The average molecular weight is 870 g/mol. The van der Waals surface area contributed by atoms with Crippen LogP contribution in [0.25, 0.3) is 11.1 Å². The Hall–Kier alpha value is -2.32. The van der Waals surface area contributed by atoms with Gasteiger partial charge in [-0.1, -0.05) is 0 Å². The van der Waals surface area contributed by atoms with Crippen LogP contribution in [-0.4, -0.2) is 3.26 Å². The molecule has 0 fully saturated rings. The van der Waals surface area contributed by atoms with Gasteiger partial charge in [0, 0.05) is 0 Å². The third kappa shape index (κ3) is 6.26. The molecule has 0 aromatic heterocycles. The van der Waals surface area contributed by atoms with Crippen LogP contribution in [0.3, 0.4) is 0 Å². The van der Waals surface area contributed by atoms with Gasteiger partial charge < -0.3 is 0 Å². The van der Waals surface area contributed by atoms with Crippen molar-refractivity contribution in [2.75, 3.05) is 0 Å². The quantitative estimate of drug-likeness (QED) is 0.179. The maximum atomic E-state index is 8.94. The summed E-state index contributed by atoms with van der Waals surface area (Å²) in [5.74, 6) is 0. The third-order valence-electron chi connectivity index (χ3n) is 11.0. The van der Waals surface area contributed by atoms with E-state index in [1.165, 1.54) is 44.5 Å². The average Bonchev–Trinajstić information content (AvgIpc) is 3.67. The molecule has 2 aliphatic rings. The fraction of sp³-hybridized carbons (Fsp3) is 0.383. The van der Waals surface area contributed by atoms with E-state index in [-0.39, 0.29) is 29.0 Å². The van der Waals surface area contributed by atoms with Gasteiger partial charge in [0.15, 0.2) is 0 Å². The topological polar surface area (TPSA) is 0 Å². The predicted octanol–water partition coefficient (Wildman–Crippen LogP) is 14.1. The molecule has 0 spiro atoms. The molecule has 0 amide bonds. The van der Waals surface area contributed by atoms with Crippen LogP contribution in [0.15, 0.2) is 109 Å².